The van der Waals surface area contributed by atoms with Crippen LogP contribution in [0, 0.1) is 0 Å². The highest BCUT2D eigenvalue weighted by Gasteiger charge is 2.25. The molecule has 0 unspecified atom stereocenters. The standard InChI is InChI=1S/C22H27N3O2/c1-25-14-12-19(13-15-25)23-22(27)20(16-17-8-4-2-5-9-17)24-21(26)18-10-6-3-7-11-18/h2-11,19-20H,12-16H2,1H3,(H,23,27)(H,24,26)/t20-/m0/s1. The summed E-state index contributed by atoms with van der Waals surface area (Å²) in [5, 5.41) is 6.05. The number of benzene rings is 2. The Hall–Kier alpha value is -2.66. The van der Waals surface area contributed by atoms with E-state index in [0.29, 0.717) is 12.0 Å². The van der Waals surface area contributed by atoms with Gasteiger partial charge >= 0.3 is 0 Å². The highest BCUT2D eigenvalue weighted by atomic mass is 16.2. The van der Waals surface area contributed by atoms with Crippen molar-refractivity contribution < 1.29 is 9.59 Å². The summed E-state index contributed by atoms with van der Waals surface area (Å²) in [6, 6.07) is 18.4. The Morgan fingerprint density at radius 2 is 1.59 bits per heavy atom. The lowest BCUT2D eigenvalue weighted by molar-refractivity contribution is -0.124. The molecule has 2 amide bonds. The van der Waals surface area contributed by atoms with Crippen molar-refractivity contribution >= 4 is 11.8 Å². The zero-order chi connectivity index (χ0) is 19.1. The zero-order valence-electron chi connectivity index (χ0n) is 15.7. The second-order valence-electron chi connectivity index (χ2n) is 7.17. The molecule has 2 N–H and O–H groups in total. The number of carbonyl (C=O) groups is 2. The van der Waals surface area contributed by atoms with Gasteiger partial charge in [0.25, 0.3) is 5.91 Å². The average Bonchev–Trinajstić information content (AvgIpc) is 2.70. The lowest BCUT2D eigenvalue weighted by Gasteiger charge is -2.30. The molecule has 27 heavy (non-hydrogen) atoms. The van der Waals surface area contributed by atoms with E-state index < -0.39 is 6.04 Å². The predicted molar refractivity (Wildman–Crippen MR) is 107 cm³/mol. The van der Waals surface area contributed by atoms with Crippen molar-refractivity contribution in [1.29, 1.82) is 0 Å². The van der Waals surface area contributed by atoms with Gasteiger partial charge in [-0.3, -0.25) is 9.59 Å². The number of amides is 2. The molecule has 0 saturated carbocycles. The first-order chi connectivity index (χ1) is 13.1. The summed E-state index contributed by atoms with van der Waals surface area (Å²) in [6.45, 7) is 1.95. The van der Waals surface area contributed by atoms with Crippen molar-refractivity contribution in [1.82, 2.24) is 15.5 Å². The lowest BCUT2D eigenvalue weighted by Crippen LogP contribution is -2.52. The third kappa shape index (κ3) is 5.66. The van der Waals surface area contributed by atoms with Crippen LogP contribution >= 0.6 is 0 Å². The summed E-state index contributed by atoms with van der Waals surface area (Å²) >= 11 is 0. The number of hydrogen-bond donors (Lipinski definition) is 2. The number of likely N-dealkylation sites (tertiary alicyclic amines) is 1. The lowest BCUT2D eigenvalue weighted by atomic mass is 10.0. The Morgan fingerprint density at radius 1 is 1.00 bits per heavy atom. The van der Waals surface area contributed by atoms with Crippen molar-refractivity contribution in [2.24, 2.45) is 0 Å². The van der Waals surface area contributed by atoms with E-state index in [2.05, 4.69) is 22.6 Å². The fourth-order valence-electron chi connectivity index (χ4n) is 3.34. The Morgan fingerprint density at radius 3 is 2.22 bits per heavy atom. The summed E-state index contributed by atoms with van der Waals surface area (Å²) in [7, 11) is 2.09. The van der Waals surface area contributed by atoms with Crippen LogP contribution in [0.2, 0.25) is 0 Å². The Balaban J connectivity index is 1.68. The molecule has 5 heteroatoms. The first-order valence-corrected chi connectivity index (χ1v) is 9.50. The van der Waals surface area contributed by atoms with Gasteiger partial charge in [-0.15, -0.1) is 0 Å². The molecule has 5 nitrogen and oxygen atoms in total. The maximum Gasteiger partial charge on any atom is 0.251 e. The Bertz CT molecular complexity index is 741. The molecule has 0 aromatic heterocycles. The summed E-state index contributed by atoms with van der Waals surface area (Å²) in [5.41, 5.74) is 1.58. The van der Waals surface area contributed by atoms with Gasteiger partial charge in [-0.25, -0.2) is 0 Å². The quantitative estimate of drug-likeness (QED) is 0.825. The van der Waals surface area contributed by atoms with E-state index in [9.17, 15) is 9.59 Å². The minimum atomic E-state index is -0.597. The first-order valence-electron chi connectivity index (χ1n) is 9.50. The number of hydrogen-bond acceptors (Lipinski definition) is 3. The molecule has 1 aliphatic heterocycles. The van der Waals surface area contributed by atoms with Crippen LogP contribution in [0.3, 0.4) is 0 Å². The number of piperidine rings is 1. The monoisotopic (exact) mass is 365 g/mol. The number of rotatable bonds is 6. The molecule has 1 fully saturated rings. The molecule has 2 aromatic rings. The number of carbonyl (C=O) groups excluding carboxylic acids is 2. The second kappa shape index (κ2) is 9.33. The molecule has 1 saturated heterocycles. The molecule has 0 bridgehead atoms. The maximum atomic E-state index is 12.9. The molecule has 0 radical (unpaired) electrons. The molecule has 0 spiro atoms. The minimum absolute atomic E-state index is 0.113. The topological polar surface area (TPSA) is 61.4 Å². The highest BCUT2D eigenvalue weighted by molar-refractivity contribution is 5.97. The highest BCUT2D eigenvalue weighted by Crippen LogP contribution is 2.10. The van der Waals surface area contributed by atoms with Gasteiger partial charge in [0, 0.05) is 18.0 Å². The fraction of sp³-hybridized carbons (Fsp3) is 0.364. The predicted octanol–water partition coefficient (Wildman–Crippen LogP) is 2.24. The van der Waals surface area contributed by atoms with E-state index in [1.165, 1.54) is 0 Å². The van der Waals surface area contributed by atoms with Crippen LogP contribution in [0.15, 0.2) is 60.7 Å². The van der Waals surface area contributed by atoms with Crippen LogP contribution in [-0.2, 0) is 11.2 Å². The number of nitrogens with one attached hydrogen (secondary N) is 2. The zero-order valence-corrected chi connectivity index (χ0v) is 15.7. The van der Waals surface area contributed by atoms with Crippen molar-refractivity contribution in [2.45, 2.75) is 31.3 Å². The molecular weight excluding hydrogens is 338 g/mol. The largest absolute Gasteiger partial charge is 0.351 e. The van der Waals surface area contributed by atoms with Crippen LogP contribution in [0.4, 0.5) is 0 Å². The van der Waals surface area contributed by atoms with Gasteiger partial charge in [-0.1, -0.05) is 48.5 Å². The second-order valence-corrected chi connectivity index (χ2v) is 7.17. The summed E-state index contributed by atoms with van der Waals surface area (Å²) < 4.78 is 0. The summed E-state index contributed by atoms with van der Waals surface area (Å²) in [4.78, 5) is 27.8. The van der Waals surface area contributed by atoms with E-state index in [1.807, 2.05) is 48.5 Å². The van der Waals surface area contributed by atoms with Gasteiger partial charge < -0.3 is 15.5 Å². The molecule has 1 atom stereocenters. The van der Waals surface area contributed by atoms with Gasteiger partial charge in [-0.2, -0.15) is 0 Å². The molecule has 2 aromatic carbocycles. The maximum absolute atomic E-state index is 12.9. The van der Waals surface area contributed by atoms with Gasteiger partial charge in [-0.05, 0) is 50.7 Å². The van der Waals surface area contributed by atoms with Crippen molar-refractivity contribution in [2.75, 3.05) is 20.1 Å². The van der Waals surface area contributed by atoms with Gasteiger partial charge in [0.2, 0.25) is 5.91 Å². The van der Waals surface area contributed by atoms with Gasteiger partial charge in [0.05, 0.1) is 0 Å². The SMILES string of the molecule is CN1CCC(NC(=O)[C@H](Cc2ccccc2)NC(=O)c2ccccc2)CC1. The Labute approximate surface area is 160 Å². The third-order valence-corrected chi connectivity index (χ3v) is 5.01. The number of nitrogens with zero attached hydrogens (tertiary/aromatic N) is 1. The van der Waals surface area contributed by atoms with Crippen molar-refractivity contribution in [3.8, 4) is 0 Å². The van der Waals surface area contributed by atoms with Gasteiger partial charge in [0.1, 0.15) is 6.04 Å². The molecule has 3 rings (SSSR count). The van der Waals surface area contributed by atoms with Crippen LogP contribution < -0.4 is 10.6 Å². The smallest absolute Gasteiger partial charge is 0.251 e. The minimum Gasteiger partial charge on any atom is -0.351 e. The van der Waals surface area contributed by atoms with E-state index in [0.717, 1.165) is 31.5 Å². The van der Waals surface area contributed by atoms with E-state index >= 15 is 0 Å². The van der Waals surface area contributed by atoms with E-state index in [-0.39, 0.29) is 17.9 Å². The summed E-state index contributed by atoms with van der Waals surface area (Å²) in [6.07, 6.45) is 2.34. The molecule has 1 heterocycles. The van der Waals surface area contributed by atoms with Crippen molar-refractivity contribution in [3.63, 3.8) is 0 Å². The van der Waals surface area contributed by atoms with Gasteiger partial charge in [0.15, 0.2) is 0 Å². The van der Waals surface area contributed by atoms with Crippen LogP contribution in [-0.4, -0.2) is 48.9 Å². The van der Waals surface area contributed by atoms with E-state index in [4.69, 9.17) is 0 Å². The van der Waals surface area contributed by atoms with Crippen LogP contribution in [0.1, 0.15) is 28.8 Å². The summed E-state index contributed by atoms with van der Waals surface area (Å²) in [5.74, 6) is -0.340. The molecule has 0 aliphatic carbocycles. The average molecular weight is 365 g/mol. The molecular formula is C22H27N3O2. The van der Waals surface area contributed by atoms with Crippen LogP contribution in [0.25, 0.3) is 0 Å². The fourth-order valence-corrected chi connectivity index (χ4v) is 3.34. The first kappa shape index (κ1) is 19.1. The van der Waals surface area contributed by atoms with Crippen molar-refractivity contribution in [3.05, 3.63) is 71.8 Å². The normalized spacial score (nSPS) is 16.5. The molecule has 142 valence electrons. The third-order valence-electron chi connectivity index (χ3n) is 5.01. The Kier molecular flexibility index (Phi) is 6.60. The van der Waals surface area contributed by atoms with Crippen LogP contribution in [0.5, 0.6) is 0 Å². The molecule has 1 aliphatic rings. The van der Waals surface area contributed by atoms with E-state index in [1.54, 1.807) is 12.1 Å².